The van der Waals surface area contributed by atoms with Gasteiger partial charge in [0.15, 0.2) is 0 Å². The average Bonchev–Trinajstić information content (AvgIpc) is 3.42. The van der Waals surface area contributed by atoms with Crippen molar-refractivity contribution in [1.29, 1.82) is 0 Å². The van der Waals surface area contributed by atoms with Crippen LogP contribution in [0.3, 0.4) is 0 Å². The van der Waals surface area contributed by atoms with Crippen LogP contribution >= 0.6 is 0 Å². The predicted molar refractivity (Wildman–Crippen MR) is 99.5 cm³/mol. The molecule has 1 aliphatic carbocycles. The third-order valence-electron chi connectivity index (χ3n) is 5.51. The number of aryl methyl sites for hydroxylation is 2. The fourth-order valence-electron chi connectivity index (χ4n) is 3.64. The molecule has 2 atom stereocenters. The van der Waals surface area contributed by atoms with E-state index in [1.165, 1.54) is 0 Å². The summed E-state index contributed by atoms with van der Waals surface area (Å²) in [5.41, 5.74) is 3.28. The van der Waals surface area contributed by atoms with Gasteiger partial charge in [0.2, 0.25) is 11.8 Å². The van der Waals surface area contributed by atoms with E-state index in [9.17, 15) is 9.59 Å². The number of piperazine rings is 1. The SMILES string of the molecule is CCc1cccc(CC)c1NC(=O)C1CC1C(=O)N1CCN(C)CC1. The lowest BCUT2D eigenvalue weighted by Gasteiger charge is -2.32. The Balaban J connectivity index is 1.62. The molecule has 5 heteroatoms. The lowest BCUT2D eigenvalue weighted by Crippen LogP contribution is -2.48. The normalized spacial score (nSPS) is 23.4. The molecule has 2 fully saturated rings. The van der Waals surface area contributed by atoms with Gasteiger partial charge >= 0.3 is 0 Å². The van der Waals surface area contributed by atoms with Gasteiger partial charge in [-0.2, -0.15) is 0 Å². The summed E-state index contributed by atoms with van der Waals surface area (Å²) in [5, 5.41) is 3.12. The maximum absolute atomic E-state index is 12.7. The summed E-state index contributed by atoms with van der Waals surface area (Å²) in [6.07, 6.45) is 2.46. The van der Waals surface area contributed by atoms with Crippen molar-refractivity contribution in [3.8, 4) is 0 Å². The number of amides is 2. The van der Waals surface area contributed by atoms with Gasteiger partial charge < -0.3 is 15.1 Å². The summed E-state index contributed by atoms with van der Waals surface area (Å²) >= 11 is 0. The Labute approximate surface area is 150 Å². The molecule has 0 aromatic heterocycles. The van der Waals surface area contributed by atoms with Gasteiger partial charge in [-0.05, 0) is 37.4 Å². The quantitative estimate of drug-likeness (QED) is 0.891. The maximum atomic E-state index is 12.7. The molecule has 1 aromatic carbocycles. The highest BCUT2D eigenvalue weighted by Crippen LogP contribution is 2.41. The Morgan fingerprint density at radius 3 is 2.20 bits per heavy atom. The molecule has 1 aromatic rings. The van der Waals surface area contributed by atoms with Crippen LogP contribution in [0.5, 0.6) is 0 Å². The minimum Gasteiger partial charge on any atom is -0.340 e. The van der Waals surface area contributed by atoms with E-state index in [0.29, 0.717) is 6.42 Å². The highest BCUT2D eigenvalue weighted by atomic mass is 16.2. The first kappa shape index (κ1) is 17.9. The van der Waals surface area contributed by atoms with Crippen molar-refractivity contribution in [3.63, 3.8) is 0 Å². The van der Waals surface area contributed by atoms with Gasteiger partial charge in [-0.3, -0.25) is 9.59 Å². The maximum Gasteiger partial charge on any atom is 0.228 e. The summed E-state index contributed by atoms with van der Waals surface area (Å²) < 4.78 is 0. The molecule has 136 valence electrons. The van der Waals surface area contributed by atoms with Gasteiger partial charge in [0, 0.05) is 31.9 Å². The molecule has 1 heterocycles. The molecule has 0 radical (unpaired) electrons. The topological polar surface area (TPSA) is 52.7 Å². The van der Waals surface area contributed by atoms with Crippen molar-refractivity contribution in [2.75, 3.05) is 38.5 Å². The van der Waals surface area contributed by atoms with Crippen molar-refractivity contribution in [2.24, 2.45) is 11.8 Å². The lowest BCUT2D eigenvalue weighted by atomic mass is 10.0. The van der Waals surface area contributed by atoms with E-state index in [2.05, 4.69) is 43.2 Å². The van der Waals surface area contributed by atoms with E-state index >= 15 is 0 Å². The van der Waals surface area contributed by atoms with Crippen LogP contribution in [0.15, 0.2) is 18.2 Å². The van der Waals surface area contributed by atoms with Gasteiger partial charge in [0.05, 0.1) is 11.8 Å². The molecule has 2 aliphatic rings. The fourth-order valence-corrected chi connectivity index (χ4v) is 3.64. The van der Waals surface area contributed by atoms with Crippen molar-refractivity contribution >= 4 is 17.5 Å². The highest BCUT2D eigenvalue weighted by Gasteiger charge is 2.49. The number of carbonyl (C=O) groups excluding carboxylic acids is 2. The summed E-state index contributed by atoms with van der Waals surface area (Å²) in [4.78, 5) is 29.4. The molecule has 1 aliphatic heterocycles. The zero-order valence-electron chi connectivity index (χ0n) is 15.5. The summed E-state index contributed by atoms with van der Waals surface area (Å²) in [6.45, 7) is 7.58. The number of nitrogens with one attached hydrogen (secondary N) is 1. The minimum atomic E-state index is -0.165. The summed E-state index contributed by atoms with van der Waals surface area (Å²) in [5.74, 6) is -0.125. The first-order valence-corrected chi connectivity index (χ1v) is 9.44. The molecule has 3 rings (SSSR count). The number of hydrogen-bond acceptors (Lipinski definition) is 3. The number of carbonyl (C=O) groups is 2. The zero-order chi connectivity index (χ0) is 18.0. The molecule has 2 amide bonds. The Morgan fingerprint density at radius 2 is 1.64 bits per heavy atom. The van der Waals surface area contributed by atoms with E-state index in [0.717, 1.165) is 55.8 Å². The first-order valence-electron chi connectivity index (χ1n) is 9.44. The monoisotopic (exact) mass is 343 g/mol. The van der Waals surface area contributed by atoms with Crippen LogP contribution < -0.4 is 5.32 Å². The van der Waals surface area contributed by atoms with Crippen LogP contribution in [0.25, 0.3) is 0 Å². The third-order valence-corrected chi connectivity index (χ3v) is 5.51. The number of benzene rings is 1. The smallest absolute Gasteiger partial charge is 0.228 e. The van der Waals surface area contributed by atoms with Crippen LogP contribution in [0.2, 0.25) is 0 Å². The molecular weight excluding hydrogens is 314 g/mol. The molecule has 1 saturated heterocycles. The van der Waals surface area contributed by atoms with E-state index in [4.69, 9.17) is 0 Å². The molecular formula is C20H29N3O2. The van der Waals surface area contributed by atoms with Gasteiger partial charge in [0.1, 0.15) is 0 Å². The fraction of sp³-hybridized carbons (Fsp3) is 0.600. The van der Waals surface area contributed by atoms with Crippen molar-refractivity contribution < 1.29 is 9.59 Å². The third kappa shape index (κ3) is 3.87. The number of para-hydroxylation sites is 1. The predicted octanol–water partition coefficient (Wildman–Crippen LogP) is 2.16. The number of rotatable bonds is 5. The van der Waals surface area contributed by atoms with Crippen molar-refractivity contribution in [3.05, 3.63) is 29.3 Å². The molecule has 1 N–H and O–H groups in total. The van der Waals surface area contributed by atoms with Gasteiger partial charge in [-0.1, -0.05) is 32.0 Å². The van der Waals surface area contributed by atoms with E-state index < -0.39 is 0 Å². The van der Waals surface area contributed by atoms with E-state index in [1.807, 2.05) is 11.0 Å². The standard InChI is InChI=1S/C20H29N3O2/c1-4-14-7-6-8-15(5-2)18(14)21-19(24)16-13-17(16)20(25)23-11-9-22(3)10-12-23/h6-8,16-17H,4-5,9-13H2,1-3H3,(H,21,24). The Kier molecular flexibility index (Phi) is 5.42. The molecule has 25 heavy (non-hydrogen) atoms. The summed E-state index contributed by atoms with van der Waals surface area (Å²) in [6, 6.07) is 6.17. The highest BCUT2D eigenvalue weighted by molar-refractivity contribution is 6.00. The van der Waals surface area contributed by atoms with E-state index in [-0.39, 0.29) is 23.7 Å². The molecule has 0 spiro atoms. The van der Waals surface area contributed by atoms with E-state index in [1.54, 1.807) is 0 Å². The largest absolute Gasteiger partial charge is 0.340 e. The van der Waals surface area contributed by atoms with Crippen molar-refractivity contribution in [1.82, 2.24) is 9.80 Å². The average molecular weight is 343 g/mol. The number of likely N-dealkylation sites (N-methyl/N-ethyl adjacent to an activating group) is 1. The van der Waals surface area contributed by atoms with Crippen molar-refractivity contribution in [2.45, 2.75) is 33.1 Å². The number of hydrogen-bond donors (Lipinski definition) is 1. The van der Waals surface area contributed by atoms with Crippen LogP contribution in [0.4, 0.5) is 5.69 Å². The molecule has 1 saturated carbocycles. The van der Waals surface area contributed by atoms with Crippen LogP contribution in [0.1, 0.15) is 31.4 Å². The Bertz CT molecular complexity index is 628. The Hall–Kier alpha value is -1.88. The van der Waals surface area contributed by atoms with Gasteiger partial charge in [-0.25, -0.2) is 0 Å². The zero-order valence-corrected chi connectivity index (χ0v) is 15.5. The summed E-state index contributed by atoms with van der Waals surface area (Å²) in [7, 11) is 2.08. The lowest BCUT2D eigenvalue weighted by molar-refractivity contribution is -0.135. The van der Waals surface area contributed by atoms with Crippen LogP contribution in [0, 0.1) is 11.8 Å². The molecule has 0 bridgehead atoms. The second kappa shape index (κ2) is 7.56. The minimum absolute atomic E-state index is 0.00285. The second-order valence-corrected chi connectivity index (χ2v) is 7.22. The molecule has 2 unspecified atom stereocenters. The first-order chi connectivity index (χ1) is 12.0. The Morgan fingerprint density at radius 1 is 1.04 bits per heavy atom. The van der Waals surface area contributed by atoms with Crippen LogP contribution in [-0.4, -0.2) is 54.8 Å². The molecule has 5 nitrogen and oxygen atoms in total. The number of nitrogens with zero attached hydrogens (tertiary/aromatic N) is 2. The van der Waals surface area contributed by atoms with Gasteiger partial charge in [-0.15, -0.1) is 0 Å². The second-order valence-electron chi connectivity index (χ2n) is 7.22. The van der Waals surface area contributed by atoms with Crippen LogP contribution in [-0.2, 0) is 22.4 Å². The van der Waals surface area contributed by atoms with Gasteiger partial charge in [0.25, 0.3) is 0 Å². The number of anilines is 1.